The number of carboxylic acids is 1. The third-order valence-corrected chi connectivity index (χ3v) is 4.57. The average molecular weight is 433 g/mol. The molecule has 1 atom stereocenters. The summed E-state index contributed by atoms with van der Waals surface area (Å²) in [5, 5.41) is 10.6. The molecule has 0 bridgehead atoms. The Morgan fingerprint density at radius 3 is 2.03 bits per heavy atom. The van der Waals surface area contributed by atoms with E-state index in [0.29, 0.717) is 12.1 Å². The topological polar surface area (TPSA) is 122 Å². The number of nitrogens with one attached hydrogen (secondary N) is 1. The summed E-state index contributed by atoms with van der Waals surface area (Å²) in [5.74, 6) is -2.75. The maximum absolute atomic E-state index is 13.1. The number of nitrogens with two attached hydrogens (primary N) is 1. The van der Waals surface area contributed by atoms with Crippen LogP contribution >= 0.6 is 0 Å². The van der Waals surface area contributed by atoms with Crippen molar-refractivity contribution >= 4 is 17.8 Å². The van der Waals surface area contributed by atoms with Crippen molar-refractivity contribution in [1.82, 2.24) is 10.4 Å². The molecule has 0 aromatic heterocycles. The Balaban J connectivity index is 1.83. The van der Waals surface area contributed by atoms with E-state index in [0.717, 1.165) is 16.1 Å². The largest absolute Gasteiger partial charge is 0.478 e. The molecule has 0 aliphatic carbocycles. The summed E-state index contributed by atoms with van der Waals surface area (Å²) in [5.41, 5.74) is 9.92. The van der Waals surface area contributed by atoms with Gasteiger partial charge < -0.3 is 15.6 Å². The number of para-hydroxylation sites is 1. The minimum atomic E-state index is -1.84. The van der Waals surface area contributed by atoms with Crippen molar-refractivity contribution in [1.29, 1.82) is 0 Å². The molecule has 8 heteroatoms. The van der Waals surface area contributed by atoms with Crippen molar-refractivity contribution < 1.29 is 24.2 Å². The first-order valence-corrected chi connectivity index (χ1v) is 9.87. The third-order valence-electron chi connectivity index (χ3n) is 4.57. The number of aliphatic carboxylic acids is 1. The molecule has 4 N–H and O–H groups in total. The van der Waals surface area contributed by atoms with Gasteiger partial charge in [-0.15, -0.1) is 0 Å². The van der Waals surface area contributed by atoms with E-state index in [1.165, 1.54) is 12.1 Å². The van der Waals surface area contributed by atoms with E-state index in [4.69, 9.17) is 10.5 Å². The minimum Gasteiger partial charge on any atom is -0.478 e. The number of ether oxygens (including phenoxy) is 1. The molecule has 0 spiro atoms. The van der Waals surface area contributed by atoms with Crippen molar-refractivity contribution in [2.24, 2.45) is 5.73 Å². The minimum absolute atomic E-state index is 0.0295. The van der Waals surface area contributed by atoms with E-state index in [1.807, 2.05) is 6.07 Å². The predicted molar refractivity (Wildman–Crippen MR) is 117 cm³/mol. The van der Waals surface area contributed by atoms with Gasteiger partial charge in [0.15, 0.2) is 0 Å². The van der Waals surface area contributed by atoms with Crippen LogP contribution in [0, 0.1) is 0 Å². The molecule has 2 amide bonds. The number of benzene rings is 3. The van der Waals surface area contributed by atoms with Gasteiger partial charge in [-0.05, 0) is 35.4 Å². The van der Waals surface area contributed by atoms with Gasteiger partial charge in [-0.3, -0.25) is 15.0 Å². The van der Waals surface area contributed by atoms with Crippen molar-refractivity contribution in [3.05, 3.63) is 102 Å². The zero-order valence-corrected chi connectivity index (χ0v) is 17.2. The molecule has 0 radical (unpaired) electrons. The quantitative estimate of drug-likeness (QED) is 0.370. The van der Waals surface area contributed by atoms with Gasteiger partial charge >= 0.3 is 5.97 Å². The summed E-state index contributed by atoms with van der Waals surface area (Å²) in [6.45, 7) is 0.359. The van der Waals surface area contributed by atoms with E-state index < -0.39 is 23.9 Å². The van der Waals surface area contributed by atoms with Crippen LogP contribution in [-0.4, -0.2) is 34.0 Å². The van der Waals surface area contributed by atoms with Crippen LogP contribution in [0.2, 0.25) is 0 Å². The highest BCUT2D eigenvalue weighted by atomic mass is 16.5. The number of rotatable bonds is 8. The molecule has 8 nitrogen and oxygen atoms in total. The van der Waals surface area contributed by atoms with Gasteiger partial charge in [-0.1, -0.05) is 60.7 Å². The lowest BCUT2D eigenvalue weighted by Crippen LogP contribution is -2.52. The first kappa shape index (κ1) is 22.5. The fraction of sp³-hybridized carbons (Fsp3) is 0.125. The Labute approximate surface area is 185 Å². The zero-order chi connectivity index (χ0) is 22.9. The van der Waals surface area contributed by atoms with Crippen molar-refractivity contribution in [3.8, 4) is 5.75 Å². The second kappa shape index (κ2) is 10.7. The maximum atomic E-state index is 13.1. The monoisotopic (exact) mass is 433 g/mol. The molecular formula is C24H23N3O5. The van der Waals surface area contributed by atoms with Crippen LogP contribution in [0.5, 0.6) is 5.75 Å². The number of carbonyl (C=O) groups is 3. The second-order valence-corrected chi connectivity index (χ2v) is 6.90. The first-order chi connectivity index (χ1) is 15.5. The van der Waals surface area contributed by atoms with E-state index >= 15 is 0 Å². The Kier molecular flexibility index (Phi) is 7.55. The highest BCUT2D eigenvalue weighted by Crippen LogP contribution is 2.13. The predicted octanol–water partition coefficient (Wildman–Crippen LogP) is 2.35. The van der Waals surface area contributed by atoms with Gasteiger partial charge in [0, 0.05) is 12.1 Å². The van der Waals surface area contributed by atoms with E-state index in [9.17, 15) is 19.5 Å². The van der Waals surface area contributed by atoms with E-state index in [2.05, 4.69) is 5.43 Å². The van der Waals surface area contributed by atoms with Gasteiger partial charge in [0.05, 0.1) is 6.54 Å². The SMILES string of the molecule is NCc1ccc(C(=O)N(Cc2ccccc2)NC(=O)C(Oc2ccccc2)C(=O)O)cc1. The summed E-state index contributed by atoms with van der Waals surface area (Å²) in [4.78, 5) is 37.6. The number of hydrogen-bond acceptors (Lipinski definition) is 5. The lowest BCUT2D eigenvalue weighted by atomic mass is 10.1. The van der Waals surface area contributed by atoms with Gasteiger partial charge in [-0.25, -0.2) is 9.80 Å². The molecular weight excluding hydrogens is 410 g/mol. The summed E-state index contributed by atoms with van der Waals surface area (Å²) in [6.07, 6.45) is -1.84. The molecule has 0 saturated heterocycles. The van der Waals surface area contributed by atoms with Crippen molar-refractivity contribution in [2.75, 3.05) is 0 Å². The number of hydrazine groups is 1. The molecule has 0 heterocycles. The third kappa shape index (κ3) is 5.93. The molecule has 0 fully saturated rings. The number of carboxylic acid groups (broad SMARTS) is 1. The average Bonchev–Trinajstić information content (AvgIpc) is 2.82. The standard InChI is InChI=1S/C24H23N3O5/c25-15-17-11-13-19(14-12-17)23(29)27(16-18-7-3-1-4-8-18)26-22(28)21(24(30)31)32-20-9-5-2-6-10-20/h1-14,21H,15-16,25H2,(H,26,28)(H,30,31). The van der Waals surface area contributed by atoms with Crippen molar-refractivity contribution in [3.63, 3.8) is 0 Å². The zero-order valence-electron chi connectivity index (χ0n) is 17.2. The Morgan fingerprint density at radius 1 is 0.875 bits per heavy atom. The van der Waals surface area contributed by atoms with Crippen LogP contribution in [-0.2, 0) is 22.7 Å². The van der Waals surface area contributed by atoms with E-state index in [-0.39, 0.29) is 12.3 Å². The Hall–Kier alpha value is -4.17. The van der Waals surface area contributed by atoms with Crippen LogP contribution < -0.4 is 15.9 Å². The summed E-state index contributed by atoms with van der Waals surface area (Å²) >= 11 is 0. The molecule has 0 aliphatic rings. The van der Waals surface area contributed by atoms with Gasteiger partial charge in [-0.2, -0.15) is 0 Å². The number of carbonyl (C=O) groups excluding carboxylic acids is 2. The van der Waals surface area contributed by atoms with Gasteiger partial charge in [0.25, 0.3) is 17.9 Å². The molecule has 3 aromatic carbocycles. The number of amides is 2. The number of hydrogen-bond donors (Lipinski definition) is 3. The van der Waals surface area contributed by atoms with Crippen LogP contribution in [0.25, 0.3) is 0 Å². The van der Waals surface area contributed by atoms with Gasteiger partial charge in [0.2, 0.25) is 0 Å². The fourth-order valence-electron chi connectivity index (χ4n) is 2.91. The summed E-state index contributed by atoms with van der Waals surface area (Å²) in [6, 6.07) is 23.8. The van der Waals surface area contributed by atoms with Crippen LogP contribution in [0.15, 0.2) is 84.9 Å². The molecule has 3 rings (SSSR count). The summed E-state index contributed by atoms with van der Waals surface area (Å²) in [7, 11) is 0. The Morgan fingerprint density at radius 2 is 1.47 bits per heavy atom. The molecule has 32 heavy (non-hydrogen) atoms. The molecule has 0 aliphatic heterocycles. The van der Waals surface area contributed by atoms with E-state index in [1.54, 1.807) is 66.7 Å². The summed E-state index contributed by atoms with van der Waals surface area (Å²) < 4.78 is 5.34. The highest BCUT2D eigenvalue weighted by molar-refractivity contribution is 6.02. The normalized spacial score (nSPS) is 11.3. The molecule has 1 unspecified atom stereocenters. The Bertz CT molecular complexity index is 1060. The fourth-order valence-corrected chi connectivity index (χ4v) is 2.91. The van der Waals surface area contributed by atoms with Crippen LogP contribution in [0.4, 0.5) is 0 Å². The second-order valence-electron chi connectivity index (χ2n) is 6.90. The molecule has 0 saturated carbocycles. The lowest BCUT2D eigenvalue weighted by Gasteiger charge is -2.25. The highest BCUT2D eigenvalue weighted by Gasteiger charge is 2.31. The van der Waals surface area contributed by atoms with Crippen LogP contribution in [0.1, 0.15) is 21.5 Å². The van der Waals surface area contributed by atoms with Gasteiger partial charge in [0.1, 0.15) is 5.75 Å². The lowest BCUT2D eigenvalue weighted by molar-refractivity contribution is -0.152. The maximum Gasteiger partial charge on any atom is 0.355 e. The molecule has 3 aromatic rings. The van der Waals surface area contributed by atoms with Crippen molar-refractivity contribution in [2.45, 2.75) is 19.2 Å². The smallest absolute Gasteiger partial charge is 0.355 e. The van der Waals surface area contributed by atoms with Crippen LogP contribution in [0.3, 0.4) is 0 Å². The first-order valence-electron chi connectivity index (χ1n) is 9.87. The molecule has 164 valence electrons. The number of nitrogens with zero attached hydrogens (tertiary/aromatic N) is 1.